The van der Waals surface area contributed by atoms with E-state index < -0.39 is 15.9 Å². The van der Waals surface area contributed by atoms with E-state index in [0.717, 1.165) is 32.7 Å². The number of amides is 1. The summed E-state index contributed by atoms with van der Waals surface area (Å²) < 4.78 is 30.7. The first-order valence-corrected chi connectivity index (χ1v) is 15.3. The number of carbonyl (C=O) groups is 1. The molecule has 3 aromatic carbocycles. The second kappa shape index (κ2) is 13.1. The molecule has 208 valence electrons. The molecule has 0 unspecified atom stereocenters. The molecule has 40 heavy (non-hydrogen) atoms. The molecule has 0 bridgehead atoms. The Bertz CT molecular complexity index is 1640. The van der Waals surface area contributed by atoms with E-state index in [1.54, 1.807) is 30.3 Å². The minimum absolute atomic E-state index is 0.104. The van der Waals surface area contributed by atoms with Crippen molar-refractivity contribution in [2.75, 3.05) is 13.1 Å². The highest BCUT2D eigenvalue weighted by Gasteiger charge is 2.26. The van der Waals surface area contributed by atoms with Gasteiger partial charge in [0.05, 0.1) is 28.4 Å². The lowest BCUT2D eigenvalue weighted by Gasteiger charge is -2.21. The van der Waals surface area contributed by atoms with Gasteiger partial charge < -0.3 is 4.57 Å². The first-order valence-electron chi connectivity index (χ1n) is 12.3. The van der Waals surface area contributed by atoms with Crippen LogP contribution in [0.3, 0.4) is 0 Å². The van der Waals surface area contributed by atoms with Gasteiger partial charge in [0, 0.05) is 33.0 Å². The quantitative estimate of drug-likeness (QED) is 0.155. The highest BCUT2D eigenvalue weighted by atomic mass is 79.9. The average Bonchev–Trinajstić information content (AvgIpc) is 3.21. The number of halogens is 3. The van der Waals surface area contributed by atoms with Crippen molar-refractivity contribution in [3.63, 3.8) is 0 Å². The number of benzene rings is 3. The Labute approximate surface area is 252 Å². The van der Waals surface area contributed by atoms with Gasteiger partial charge in [0.1, 0.15) is 0 Å². The number of sulfonamides is 1. The fourth-order valence-corrected chi connectivity index (χ4v) is 6.28. The molecular weight excluding hydrogens is 635 g/mol. The van der Waals surface area contributed by atoms with Crippen molar-refractivity contribution in [3.05, 3.63) is 116 Å². The van der Waals surface area contributed by atoms with E-state index in [4.69, 9.17) is 23.2 Å². The van der Waals surface area contributed by atoms with Crippen LogP contribution in [0.15, 0.2) is 93.3 Å². The molecule has 0 aliphatic carbocycles. The molecule has 1 amide bonds. The van der Waals surface area contributed by atoms with E-state index in [9.17, 15) is 13.2 Å². The van der Waals surface area contributed by atoms with Gasteiger partial charge in [-0.15, -0.1) is 0 Å². The number of aromatic nitrogens is 1. The third-order valence-corrected chi connectivity index (χ3v) is 9.22. The Kier molecular flexibility index (Phi) is 9.86. The van der Waals surface area contributed by atoms with Crippen molar-refractivity contribution in [2.24, 2.45) is 5.10 Å². The molecule has 0 radical (unpaired) electrons. The lowest BCUT2D eigenvalue weighted by atomic mass is 10.1. The van der Waals surface area contributed by atoms with Crippen LogP contribution in [-0.4, -0.2) is 42.5 Å². The largest absolute Gasteiger partial charge is 0.316 e. The predicted octanol–water partition coefficient (Wildman–Crippen LogP) is 6.55. The summed E-state index contributed by atoms with van der Waals surface area (Å²) in [6, 6.07) is 23.0. The fourth-order valence-electron chi connectivity index (χ4n) is 4.25. The summed E-state index contributed by atoms with van der Waals surface area (Å²) in [5.41, 5.74) is 6.69. The Morgan fingerprint density at radius 2 is 1.73 bits per heavy atom. The second-order valence-corrected chi connectivity index (χ2v) is 12.8. The molecule has 0 aliphatic rings. The van der Waals surface area contributed by atoms with E-state index in [0.29, 0.717) is 16.5 Å². The summed E-state index contributed by atoms with van der Waals surface area (Å²) in [6.07, 6.45) is 1.97. The molecule has 0 saturated carbocycles. The van der Waals surface area contributed by atoms with Crippen LogP contribution in [0.5, 0.6) is 0 Å². The lowest BCUT2D eigenvalue weighted by molar-refractivity contribution is -0.121. The zero-order chi connectivity index (χ0) is 28.9. The Hall–Kier alpha value is -2.95. The van der Waals surface area contributed by atoms with Crippen molar-refractivity contribution in [1.82, 2.24) is 14.3 Å². The number of rotatable bonds is 10. The van der Waals surface area contributed by atoms with Crippen LogP contribution in [0.4, 0.5) is 0 Å². The van der Waals surface area contributed by atoms with Gasteiger partial charge in [-0.25, -0.2) is 13.8 Å². The van der Waals surface area contributed by atoms with Gasteiger partial charge in [-0.1, -0.05) is 69.5 Å². The first kappa shape index (κ1) is 30.0. The summed E-state index contributed by atoms with van der Waals surface area (Å²) >= 11 is 15.9. The molecule has 1 N–H and O–H groups in total. The van der Waals surface area contributed by atoms with Crippen LogP contribution in [0.1, 0.15) is 22.5 Å². The zero-order valence-electron chi connectivity index (χ0n) is 21.8. The predicted molar refractivity (Wildman–Crippen MR) is 164 cm³/mol. The van der Waals surface area contributed by atoms with Gasteiger partial charge in [0.15, 0.2) is 0 Å². The molecule has 11 heteroatoms. The van der Waals surface area contributed by atoms with Gasteiger partial charge in [-0.05, 0) is 74.4 Å². The molecular formula is C29H27BrCl2N4O3S. The highest BCUT2D eigenvalue weighted by molar-refractivity contribution is 9.10. The second-order valence-electron chi connectivity index (χ2n) is 9.08. The first-order chi connectivity index (χ1) is 19.1. The monoisotopic (exact) mass is 660 g/mol. The average molecular weight is 662 g/mol. The third-order valence-electron chi connectivity index (χ3n) is 6.28. The fraction of sp³-hybridized carbons (Fsp3) is 0.172. The topological polar surface area (TPSA) is 83.8 Å². The van der Waals surface area contributed by atoms with Crippen LogP contribution < -0.4 is 5.43 Å². The van der Waals surface area contributed by atoms with Crippen LogP contribution in [-0.2, 0) is 21.2 Å². The van der Waals surface area contributed by atoms with Crippen molar-refractivity contribution >= 4 is 61.3 Å². The van der Waals surface area contributed by atoms with Gasteiger partial charge in [0.25, 0.3) is 5.91 Å². The van der Waals surface area contributed by atoms with Crippen molar-refractivity contribution in [1.29, 1.82) is 0 Å². The smallest absolute Gasteiger partial charge is 0.255 e. The number of carbonyl (C=O) groups excluding carboxylic acids is 1. The molecule has 4 rings (SSSR count). The molecule has 1 aromatic heterocycles. The molecule has 0 saturated heterocycles. The molecule has 0 fully saturated rings. The van der Waals surface area contributed by atoms with Gasteiger partial charge in [-0.3, -0.25) is 4.79 Å². The maximum absolute atomic E-state index is 13.4. The molecule has 0 aliphatic heterocycles. The molecule has 0 atom stereocenters. The summed E-state index contributed by atoms with van der Waals surface area (Å²) in [7, 11) is -3.93. The maximum atomic E-state index is 13.4. The minimum Gasteiger partial charge on any atom is -0.316 e. The van der Waals surface area contributed by atoms with Gasteiger partial charge in [0.2, 0.25) is 10.0 Å². The highest BCUT2D eigenvalue weighted by Crippen LogP contribution is 2.28. The normalized spacial score (nSPS) is 11.8. The maximum Gasteiger partial charge on any atom is 0.255 e. The minimum atomic E-state index is -3.93. The number of hydrogen-bond acceptors (Lipinski definition) is 4. The SMILES string of the molecule is Cc1cc(/C=N/NC(=O)CN(CCc2ccccc2)S(=O)(=O)c2ccc(Br)cc2)c(C)n1-c1cc(Cl)ccc1Cl. The van der Waals surface area contributed by atoms with Crippen LogP contribution in [0, 0.1) is 13.8 Å². The number of nitrogens with zero attached hydrogens (tertiary/aromatic N) is 3. The van der Waals surface area contributed by atoms with Crippen molar-refractivity contribution < 1.29 is 13.2 Å². The Balaban J connectivity index is 1.50. The molecule has 7 nitrogen and oxygen atoms in total. The summed E-state index contributed by atoms with van der Waals surface area (Å²) in [5.74, 6) is -0.559. The van der Waals surface area contributed by atoms with E-state index >= 15 is 0 Å². The molecule has 1 heterocycles. The Morgan fingerprint density at radius 1 is 1.02 bits per heavy atom. The van der Waals surface area contributed by atoms with Gasteiger partial charge >= 0.3 is 0 Å². The summed E-state index contributed by atoms with van der Waals surface area (Å²) in [4.78, 5) is 13.0. The number of hydrogen-bond donors (Lipinski definition) is 1. The molecule has 0 spiro atoms. The van der Waals surface area contributed by atoms with Crippen LogP contribution in [0.2, 0.25) is 10.0 Å². The molecule has 4 aromatic rings. The number of hydrazone groups is 1. The standard InChI is InChI=1S/C29H27BrCl2N4O3S/c1-20-16-23(21(2)36(20)28-17-25(31)10-13-27(28)32)18-33-34-29(37)19-35(15-14-22-6-4-3-5-7-22)40(38,39)26-11-8-24(30)9-12-26/h3-13,16-18H,14-15,19H2,1-2H3,(H,34,37)/b33-18+. The summed E-state index contributed by atoms with van der Waals surface area (Å²) in [6.45, 7) is 3.57. The van der Waals surface area contributed by atoms with Crippen LogP contribution in [0.25, 0.3) is 5.69 Å². The van der Waals surface area contributed by atoms with Gasteiger partial charge in [-0.2, -0.15) is 9.41 Å². The van der Waals surface area contributed by atoms with E-state index in [1.165, 1.54) is 22.7 Å². The third kappa shape index (κ3) is 7.21. The Morgan fingerprint density at radius 3 is 2.42 bits per heavy atom. The summed E-state index contributed by atoms with van der Waals surface area (Å²) in [5, 5.41) is 5.21. The van der Waals surface area contributed by atoms with Crippen molar-refractivity contribution in [3.8, 4) is 5.69 Å². The van der Waals surface area contributed by atoms with E-state index in [2.05, 4.69) is 26.5 Å². The number of aryl methyl sites for hydroxylation is 1. The van der Waals surface area contributed by atoms with E-state index in [1.807, 2.05) is 54.8 Å². The lowest BCUT2D eigenvalue weighted by Crippen LogP contribution is -2.40. The van der Waals surface area contributed by atoms with E-state index in [-0.39, 0.29) is 18.0 Å². The van der Waals surface area contributed by atoms with Crippen molar-refractivity contribution in [2.45, 2.75) is 25.2 Å². The zero-order valence-corrected chi connectivity index (χ0v) is 25.7. The van der Waals surface area contributed by atoms with Crippen LogP contribution >= 0.6 is 39.1 Å². The number of nitrogens with one attached hydrogen (secondary N) is 1.